The lowest BCUT2D eigenvalue weighted by Crippen LogP contribution is -2.23. The Kier molecular flexibility index (Phi) is 4.67. The van der Waals surface area contributed by atoms with Gasteiger partial charge >= 0.3 is 5.97 Å². The molecular formula is C11H16O2S2. The molecule has 0 radical (unpaired) electrons. The zero-order valence-electron chi connectivity index (χ0n) is 9.28. The molecule has 0 saturated heterocycles. The highest BCUT2D eigenvalue weighted by molar-refractivity contribution is 8.01. The van der Waals surface area contributed by atoms with Gasteiger partial charge < -0.3 is 4.74 Å². The second-order valence-corrected chi connectivity index (χ2v) is 6.46. The van der Waals surface area contributed by atoms with Gasteiger partial charge in [0.1, 0.15) is 5.60 Å². The van der Waals surface area contributed by atoms with Crippen molar-refractivity contribution in [2.75, 3.05) is 5.75 Å². The van der Waals surface area contributed by atoms with Crippen molar-refractivity contribution in [3.8, 4) is 0 Å². The van der Waals surface area contributed by atoms with Crippen molar-refractivity contribution in [2.45, 2.75) is 37.0 Å². The maximum Gasteiger partial charge on any atom is 0.307 e. The van der Waals surface area contributed by atoms with Gasteiger partial charge in [-0.15, -0.1) is 23.1 Å². The number of thioether (sulfide) groups is 1. The van der Waals surface area contributed by atoms with Crippen LogP contribution in [0.25, 0.3) is 0 Å². The van der Waals surface area contributed by atoms with Crippen LogP contribution in [0.15, 0.2) is 21.7 Å². The molecule has 0 aliphatic rings. The van der Waals surface area contributed by atoms with Gasteiger partial charge in [-0.2, -0.15) is 0 Å². The van der Waals surface area contributed by atoms with Crippen molar-refractivity contribution >= 4 is 29.1 Å². The fourth-order valence-electron chi connectivity index (χ4n) is 0.973. The molecule has 0 bridgehead atoms. The Morgan fingerprint density at radius 3 is 2.80 bits per heavy atom. The van der Waals surface area contributed by atoms with Crippen LogP contribution in [0.2, 0.25) is 0 Å². The molecule has 0 saturated carbocycles. The van der Waals surface area contributed by atoms with E-state index >= 15 is 0 Å². The molecule has 0 atom stereocenters. The molecule has 4 heteroatoms. The van der Waals surface area contributed by atoms with Gasteiger partial charge in [-0.05, 0) is 32.2 Å². The monoisotopic (exact) mass is 244 g/mol. The molecule has 0 spiro atoms. The Morgan fingerprint density at radius 2 is 2.27 bits per heavy atom. The summed E-state index contributed by atoms with van der Waals surface area (Å²) in [4.78, 5) is 11.4. The number of carbonyl (C=O) groups is 1. The van der Waals surface area contributed by atoms with Crippen molar-refractivity contribution in [3.63, 3.8) is 0 Å². The van der Waals surface area contributed by atoms with Crippen LogP contribution in [0.4, 0.5) is 0 Å². The predicted molar refractivity (Wildman–Crippen MR) is 65.5 cm³/mol. The molecule has 15 heavy (non-hydrogen) atoms. The minimum atomic E-state index is -0.370. The van der Waals surface area contributed by atoms with E-state index in [2.05, 4.69) is 6.07 Å². The minimum absolute atomic E-state index is 0.119. The number of hydrogen-bond acceptors (Lipinski definition) is 4. The third-order valence-electron chi connectivity index (χ3n) is 1.47. The first-order valence-corrected chi connectivity index (χ1v) is 6.72. The van der Waals surface area contributed by atoms with Crippen LogP contribution in [0.1, 0.15) is 27.2 Å². The molecule has 0 aliphatic heterocycles. The van der Waals surface area contributed by atoms with Gasteiger partial charge in [-0.1, -0.05) is 6.07 Å². The van der Waals surface area contributed by atoms with Gasteiger partial charge in [0.25, 0.3) is 0 Å². The fraction of sp³-hybridized carbons (Fsp3) is 0.545. The quantitative estimate of drug-likeness (QED) is 0.598. The SMILES string of the molecule is CC(C)(C)OC(=O)CCSc1cccs1. The van der Waals surface area contributed by atoms with Crippen molar-refractivity contribution < 1.29 is 9.53 Å². The second kappa shape index (κ2) is 5.56. The molecular weight excluding hydrogens is 228 g/mol. The molecule has 0 fully saturated rings. The minimum Gasteiger partial charge on any atom is -0.460 e. The van der Waals surface area contributed by atoms with E-state index in [9.17, 15) is 4.79 Å². The zero-order chi connectivity index (χ0) is 11.3. The number of esters is 1. The third kappa shape index (κ3) is 5.85. The van der Waals surface area contributed by atoms with E-state index in [1.807, 2.05) is 32.2 Å². The van der Waals surface area contributed by atoms with Gasteiger partial charge in [0, 0.05) is 5.75 Å². The van der Waals surface area contributed by atoms with Gasteiger partial charge in [0.15, 0.2) is 0 Å². The van der Waals surface area contributed by atoms with Crippen molar-refractivity contribution in [1.82, 2.24) is 0 Å². The molecule has 0 unspecified atom stereocenters. The molecule has 1 aromatic rings. The summed E-state index contributed by atoms with van der Waals surface area (Å²) in [5.41, 5.74) is -0.370. The lowest BCUT2D eigenvalue weighted by atomic mass is 10.2. The maximum atomic E-state index is 11.4. The molecule has 2 nitrogen and oxygen atoms in total. The van der Waals surface area contributed by atoms with E-state index in [-0.39, 0.29) is 11.6 Å². The highest BCUT2D eigenvalue weighted by atomic mass is 32.2. The van der Waals surface area contributed by atoms with Gasteiger partial charge in [0.2, 0.25) is 0 Å². The van der Waals surface area contributed by atoms with Crippen molar-refractivity contribution in [2.24, 2.45) is 0 Å². The fourth-order valence-corrected chi connectivity index (χ4v) is 2.76. The first-order valence-electron chi connectivity index (χ1n) is 4.85. The molecule has 0 N–H and O–H groups in total. The van der Waals surface area contributed by atoms with Crippen LogP contribution in [-0.2, 0) is 9.53 Å². The topological polar surface area (TPSA) is 26.3 Å². The molecule has 1 rings (SSSR count). The summed E-state index contributed by atoms with van der Waals surface area (Å²) in [7, 11) is 0. The summed E-state index contributed by atoms with van der Waals surface area (Å²) < 4.78 is 6.46. The zero-order valence-corrected chi connectivity index (χ0v) is 10.9. The van der Waals surface area contributed by atoms with Crippen LogP contribution in [0, 0.1) is 0 Å². The highest BCUT2D eigenvalue weighted by Crippen LogP contribution is 2.24. The Hall–Kier alpha value is -0.480. The molecule has 84 valence electrons. The summed E-state index contributed by atoms with van der Waals surface area (Å²) in [6.07, 6.45) is 0.472. The predicted octanol–water partition coefficient (Wildman–Crippen LogP) is 3.57. The normalized spacial score (nSPS) is 11.4. The first-order chi connectivity index (χ1) is 6.97. The number of hydrogen-bond donors (Lipinski definition) is 0. The lowest BCUT2D eigenvalue weighted by Gasteiger charge is -2.19. The second-order valence-electron chi connectivity index (χ2n) is 4.12. The number of rotatable bonds is 4. The Bertz CT molecular complexity index is 299. The molecule has 1 heterocycles. The van der Waals surface area contributed by atoms with E-state index < -0.39 is 0 Å². The van der Waals surface area contributed by atoms with Crippen LogP contribution < -0.4 is 0 Å². The Morgan fingerprint density at radius 1 is 1.53 bits per heavy atom. The summed E-state index contributed by atoms with van der Waals surface area (Å²) in [6.45, 7) is 5.66. The molecule has 1 aromatic heterocycles. The molecule has 0 aliphatic carbocycles. The van der Waals surface area contributed by atoms with Crippen LogP contribution >= 0.6 is 23.1 Å². The summed E-state index contributed by atoms with van der Waals surface area (Å²) in [5.74, 6) is 0.668. The highest BCUT2D eigenvalue weighted by Gasteiger charge is 2.15. The van der Waals surface area contributed by atoms with E-state index in [4.69, 9.17) is 4.74 Å². The standard InChI is InChI=1S/C11H16O2S2/c1-11(2,3)13-9(12)6-8-15-10-5-4-7-14-10/h4-5,7H,6,8H2,1-3H3. The van der Waals surface area contributed by atoms with E-state index in [0.29, 0.717) is 6.42 Å². The largest absolute Gasteiger partial charge is 0.460 e. The molecule has 0 aromatic carbocycles. The number of ether oxygens (including phenoxy) is 1. The number of carbonyl (C=O) groups excluding carboxylic acids is 1. The van der Waals surface area contributed by atoms with Gasteiger partial charge in [0.05, 0.1) is 10.6 Å². The average molecular weight is 244 g/mol. The van der Waals surface area contributed by atoms with Crippen LogP contribution in [0.3, 0.4) is 0 Å². The van der Waals surface area contributed by atoms with Gasteiger partial charge in [-0.25, -0.2) is 0 Å². The van der Waals surface area contributed by atoms with E-state index in [1.165, 1.54) is 4.21 Å². The summed E-state index contributed by atoms with van der Waals surface area (Å²) in [6, 6.07) is 4.07. The first kappa shape index (κ1) is 12.6. The summed E-state index contributed by atoms with van der Waals surface area (Å²) >= 11 is 3.40. The van der Waals surface area contributed by atoms with E-state index in [1.54, 1.807) is 23.1 Å². The maximum absolute atomic E-state index is 11.4. The average Bonchev–Trinajstić information content (AvgIpc) is 2.53. The van der Waals surface area contributed by atoms with Crippen molar-refractivity contribution in [3.05, 3.63) is 17.5 Å². The van der Waals surface area contributed by atoms with Crippen LogP contribution in [-0.4, -0.2) is 17.3 Å². The smallest absolute Gasteiger partial charge is 0.307 e. The molecule has 0 amide bonds. The van der Waals surface area contributed by atoms with Gasteiger partial charge in [-0.3, -0.25) is 4.79 Å². The van der Waals surface area contributed by atoms with Crippen molar-refractivity contribution in [1.29, 1.82) is 0 Å². The number of thiophene rings is 1. The Labute approximate surface area is 99.0 Å². The third-order valence-corrected chi connectivity index (χ3v) is 3.60. The lowest BCUT2D eigenvalue weighted by molar-refractivity contribution is -0.154. The van der Waals surface area contributed by atoms with Crippen LogP contribution in [0.5, 0.6) is 0 Å². The van der Waals surface area contributed by atoms with E-state index in [0.717, 1.165) is 5.75 Å². The summed E-state index contributed by atoms with van der Waals surface area (Å²) in [5, 5.41) is 2.04. The Balaban J connectivity index is 2.18.